The minimum absolute atomic E-state index is 0.121. The molecule has 0 spiro atoms. The number of hydrazine groups is 1. The molecule has 0 atom stereocenters. The van der Waals surface area contributed by atoms with E-state index in [0.29, 0.717) is 23.0 Å². The van der Waals surface area contributed by atoms with Gasteiger partial charge in [0.15, 0.2) is 11.6 Å². The molecule has 104 valence electrons. The van der Waals surface area contributed by atoms with E-state index in [2.05, 4.69) is 26.0 Å². The van der Waals surface area contributed by atoms with Crippen LogP contribution in [0.3, 0.4) is 0 Å². The molecule has 20 heavy (non-hydrogen) atoms. The van der Waals surface area contributed by atoms with Gasteiger partial charge in [0.1, 0.15) is 12.0 Å². The third-order valence-corrected chi connectivity index (χ3v) is 2.49. The van der Waals surface area contributed by atoms with Gasteiger partial charge in [-0.15, -0.1) is 0 Å². The minimum Gasteiger partial charge on any atom is -0.393 e. The molecule has 0 aliphatic carbocycles. The first-order valence-corrected chi connectivity index (χ1v) is 5.82. The van der Waals surface area contributed by atoms with Crippen molar-refractivity contribution in [1.29, 1.82) is 0 Å². The fourth-order valence-electron chi connectivity index (χ4n) is 1.59. The van der Waals surface area contributed by atoms with Crippen molar-refractivity contribution in [3.05, 3.63) is 30.6 Å². The fourth-order valence-corrected chi connectivity index (χ4v) is 1.59. The molecule has 0 aliphatic heterocycles. The number of nitrogen functional groups attached to an aromatic ring is 2. The Kier molecular flexibility index (Phi) is 3.96. The van der Waals surface area contributed by atoms with E-state index in [9.17, 15) is 4.79 Å². The quantitative estimate of drug-likeness (QED) is 0.415. The molecule has 0 unspecified atom stereocenters. The highest BCUT2D eigenvalue weighted by atomic mass is 16.1. The average molecular weight is 273 g/mol. The van der Waals surface area contributed by atoms with Crippen molar-refractivity contribution in [1.82, 2.24) is 9.97 Å². The summed E-state index contributed by atoms with van der Waals surface area (Å²) in [5.41, 5.74) is 10.0. The van der Waals surface area contributed by atoms with Crippen molar-refractivity contribution in [2.45, 2.75) is 6.92 Å². The van der Waals surface area contributed by atoms with Gasteiger partial charge in [0.25, 0.3) is 0 Å². The van der Waals surface area contributed by atoms with Crippen LogP contribution in [0.15, 0.2) is 30.6 Å². The predicted octanol–water partition coefficient (Wildman–Crippen LogP) is 1.05. The highest BCUT2D eigenvalue weighted by Gasteiger charge is 2.07. The van der Waals surface area contributed by atoms with Crippen LogP contribution in [-0.4, -0.2) is 15.9 Å². The molecule has 0 radical (unpaired) electrons. The topological polar surface area (TPSA) is 131 Å². The number of nitrogens with zero attached hydrogens (tertiary/aromatic N) is 2. The van der Waals surface area contributed by atoms with Gasteiger partial charge in [-0.2, -0.15) is 0 Å². The molecule has 0 saturated carbocycles. The molecule has 0 saturated heterocycles. The summed E-state index contributed by atoms with van der Waals surface area (Å²) in [6, 6.07) is 7.12. The summed E-state index contributed by atoms with van der Waals surface area (Å²) in [6.07, 6.45) is 1.35. The van der Waals surface area contributed by atoms with Gasteiger partial charge in [0.2, 0.25) is 5.91 Å². The zero-order chi connectivity index (χ0) is 14.5. The van der Waals surface area contributed by atoms with Crippen LogP contribution in [0.4, 0.5) is 28.7 Å². The van der Waals surface area contributed by atoms with Gasteiger partial charge in [-0.05, 0) is 24.3 Å². The standard InChI is InChI=1S/C12H15N7O/c1-7(20)17-8-2-4-9(5-3-8)18-11-10(13)12(19-14)16-6-15-11/h2-6H,13-14H2,1H3,(H,17,20)(H2,15,16,18,19). The monoisotopic (exact) mass is 273 g/mol. The number of nitrogens with one attached hydrogen (secondary N) is 3. The lowest BCUT2D eigenvalue weighted by Gasteiger charge is -2.11. The van der Waals surface area contributed by atoms with E-state index in [0.717, 1.165) is 5.69 Å². The Hall–Kier alpha value is -2.87. The molecule has 8 nitrogen and oxygen atoms in total. The zero-order valence-corrected chi connectivity index (χ0v) is 10.8. The van der Waals surface area contributed by atoms with Crippen molar-refractivity contribution in [2.24, 2.45) is 5.84 Å². The van der Waals surface area contributed by atoms with Crippen LogP contribution < -0.4 is 27.6 Å². The molecule has 8 heteroatoms. The van der Waals surface area contributed by atoms with E-state index >= 15 is 0 Å². The van der Waals surface area contributed by atoms with Crippen molar-refractivity contribution in [3.63, 3.8) is 0 Å². The molecule has 1 aromatic carbocycles. The highest BCUT2D eigenvalue weighted by molar-refractivity contribution is 5.89. The normalized spacial score (nSPS) is 9.90. The molecule has 2 aromatic rings. The molecule has 1 heterocycles. The predicted molar refractivity (Wildman–Crippen MR) is 78.3 cm³/mol. The van der Waals surface area contributed by atoms with Crippen molar-refractivity contribution >= 4 is 34.6 Å². The summed E-state index contributed by atoms with van der Waals surface area (Å²) in [7, 11) is 0. The van der Waals surface area contributed by atoms with Crippen molar-refractivity contribution in [2.75, 3.05) is 21.8 Å². The summed E-state index contributed by atoms with van der Waals surface area (Å²) in [4.78, 5) is 18.9. The Morgan fingerprint density at radius 1 is 1.10 bits per heavy atom. The van der Waals surface area contributed by atoms with Gasteiger partial charge in [0.05, 0.1) is 0 Å². The van der Waals surface area contributed by atoms with Crippen molar-refractivity contribution < 1.29 is 4.79 Å². The number of rotatable bonds is 4. The van der Waals surface area contributed by atoms with Crippen LogP contribution in [0, 0.1) is 0 Å². The molecule has 7 N–H and O–H groups in total. The minimum atomic E-state index is -0.121. The van der Waals surface area contributed by atoms with Crippen LogP contribution in [0.5, 0.6) is 0 Å². The molecule has 1 aromatic heterocycles. The Morgan fingerprint density at radius 3 is 2.30 bits per heavy atom. The van der Waals surface area contributed by atoms with E-state index in [1.54, 1.807) is 24.3 Å². The number of carbonyl (C=O) groups is 1. The van der Waals surface area contributed by atoms with Crippen LogP contribution in [0.25, 0.3) is 0 Å². The Labute approximate surface area is 115 Å². The summed E-state index contributed by atoms with van der Waals surface area (Å²) < 4.78 is 0. The van der Waals surface area contributed by atoms with Gasteiger partial charge in [-0.25, -0.2) is 15.8 Å². The summed E-state index contributed by atoms with van der Waals surface area (Å²) in [6.45, 7) is 1.45. The SMILES string of the molecule is CC(=O)Nc1ccc(Nc2ncnc(NN)c2N)cc1. The average Bonchev–Trinajstić information content (AvgIpc) is 2.43. The van der Waals surface area contributed by atoms with Crippen LogP contribution in [0.2, 0.25) is 0 Å². The Morgan fingerprint density at radius 2 is 1.70 bits per heavy atom. The van der Waals surface area contributed by atoms with Crippen molar-refractivity contribution in [3.8, 4) is 0 Å². The molecule has 2 rings (SSSR count). The lowest BCUT2D eigenvalue weighted by Crippen LogP contribution is -2.12. The zero-order valence-electron chi connectivity index (χ0n) is 10.8. The molecule has 0 fully saturated rings. The van der Waals surface area contributed by atoms with E-state index < -0.39 is 0 Å². The lowest BCUT2D eigenvalue weighted by atomic mass is 10.2. The number of aromatic nitrogens is 2. The summed E-state index contributed by atoms with van der Waals surface area (Å²) in [5.74, 6) is 5.96. The maximum Gasteiger partial charge on any atom is 0.221 e. The van der Waals surface area contributed by atoms with E-state index in [1.165, 1.54) is 13.3 Å². The third kappa shape index (κ3) is 3.12. The second kappa shape index (κ2) is 5.85. The first-order valence-electron chi connectivity index (χ1n) is 5.82. The number of benzene rings is 1. The van der Waals surface area contributed by atoms with Gasteiger partial charge >= 0.3 is 0 Å². The van der Waals surface area contributed by atoms with Crippen LogP contribution in [-0.2, 0) is 4.79 Å². The second-order valence-corrected chi connectivity index (χ2v) is 4.01. The number of hydrogen-bond acceptors (Lipinski definition) is 7. The molecular formula is C12H15N7O. The van der Waals surface area contributed by atoms with E-state index in [1.807, 2.05) is 0 Å². The van der Waals surface area contributed by atoms with Gasteiger partial charge in [-0.1, -0.05) is 0 Å². The summed E-state index contributed by atoms with van der Waals surface area (Å²) in [5, 5.41) is 5.72. The smallest absolute Gasteiger partial charge is 0.221 e. The fraction of sp³-hybridized carbons (Fsp3) is 0.0833. The number of anilines is 5. The highest BCUT2D eigenvalue weighted by Crippen LogP contribution is 2.25. The lowest BCUT2D eigenvalue weighted by molar-refractivity contribution is -0.114. The number of hydrogen-bond donors (Lipinski definition) is 5. The first kappa shape index (κ1) is 13.6. The van der Waals surface area contributed by atoms with E-state index in [-0.39, 0.29) is 5.91 Å². The van der Waals surface area contributed by atoms with Gasteiger partial charge in [-0.3, -0.25) is 4.79 Å². The number of nitrogens with two attached hydrogens (primary N) is 2. The maximum atomic E-state index is 10.9. The molecule has 0 aliphatic rings. The van der Waals surface area contributed by atoms with Crippen LogP contribution >= 0.6 is 0 Å². The number of carbonyl (C=O) groups excluding carboxylic acids is 1. The largest absolute Gasteiger partial charge is 0.393 e. The maximum absolute atomic E-state index is 10.9. The second-order valence-electron chi connectivity index (χ2n) is 4.01. The number of amides is 1. The third-order valence-electron chi connectivity index (χ3n) is 2.49. The first-order chi connectivity index (χ1) is 9.60. The summed E-state index contributed by atoms with van der Waals surface area (Å²) >= 11 is 0. The Bertz CT molecular complexity index is 612. The Balaban J connectivity index is 2.16. The van der Waals surface area contributed by atoms with E-state index in [4.69, 9.17) is 11.6 Å². The van der Waals surface area contributed by atoms with Gasteiger partial charge < -0.3 is 21.8 Å². The van der Waals surface area contributed by atoms with Gasteiger partial charge in [0, 0.05) is 18.3 Å². The van der Waals surface area contributed by atoms with Crippen LogP contribution in [0.1, 0.15) is 6.92 Å². The molecule has 0 bridgehead atoms. The molecule has 1 amide bonds. The molecular weight excluding hydrogens is 258 g/mol.